The minimum absolute atomic E-state index is 0.0104. The highest BCUT2D eigenvalue weighted by Crippen LogP contribution is 2.49. The minimum atomic E-state index is -3.35. The predicted molar refractivity (Wildman–Crippen MR) is 507 cm³/mol. The molecule has 0 aromatic carbocycles. The fraction of sp³-hybridized carbons (Fsp3) is 0.860. The van der Waals surface area contributed by atoms with Crippen molar-refractivity contribution in [3.63, 3.8) is 0 Å². The lowest BCUT2D eigenvalue weighted by Crippen LogP contribution is -2.53. The molecular formula is C93H173N11O12S5. The average Bonchev–Trinajstić information content (AvgIpc) is 1.59. The summed E-state index contributed by atoms with van der Waals surface area (Å²) in [5, 5.41) is 11.6. The number of amides is 6. The minimum Gasteiger partial charge on any atom is -0.466 e. The van der Waals surface area contributed by atoms with Crippen LogP contribution in [0, 0.1) is 33.0 Å². The quantitative estimate of drug-likeness (QED) is 0.243. The van der Waals surface area contributed by atoms with Crippen molar-refractivity contribution in [2.24, 2.45) is 33.0 Å². The maximum absolute atomic E-state index is 12.5. The predicted octanol–water partition coefficient (Wildman–Crippen LogP) is 20.2. The molecule has 2 aromatic rings. The number of aromatic nitrogens is 5. The maximum atomic E-state index is 12.5. The molecule has 0 aliphatic carbocycles. The van der Waals surface area contributed by atoms with E-state index in [1.165, 1.54) is 22.4 Å². The molecule has 28 heteroatoms. The third-order valence-corrected chi connectivity index (χ3v) is 28.8. The van der Waals surface area contributed by atoms with Gasteiger partial charge in [-0.2, -0.15) is 14.7 Å². The molecule has 8 heterocycles. The van der Waals surface area contributed by atoms with Crippen LogP contribution in [0.15, 0.2) is 18.6 Å². The summed E-state index contributed by atoms with van der Waals surface area (Å²) in [5.74, 6) is 2.72. The second-order valence-corrected chi connectivity index (χ2v) is 54.9. The topological polar surface area (TPSA) is 265 Å². The second-order valence-electron chi connectivity index (χ2n) is 48.2. The maximum Gasteiger partial charge on any atom is 0.373 e. The number of nitrogens with zero attached hydrogens (tertiary/aromatic N) is 11. The lowest BCUT2D eigenvalue weighted by atomic mass is 9.83. The first-order valence-electron chi connectivity index (χ1n) is 43.6. The van der Waals surface area contributed by atoms with Crippen LogP contribution in [-0.2, 0) is 79.6 Å². The van der Waals surface area contributed by atoms with E-state index in [0.29, 0.717) is 46.6 Å². The van der Waals surface area contributed by atoms with Crippen molar-refractivity contribution in [3.05, 3.63) is 30.1 Å². The van der Waals surface area contributed by atoms with Gasteiger partial charge in [0.15, 0.2) is 9.84 Å². The van der Waals surface area contributed by atoms with Gasteiger partial charge in [0, 0.05) is 74.0 Å². The third-order valence-electron chi connectivity index (χ3n) is 19.7. The largest absolute Gasteiger partial charge is 0.466 e. The first-order chi connectivity index (χ1) is 53.9. The third kappa shape index (κ3) is 34.8. The lowest BCUT2D eigenvalue weighted by Gasteiger charge is -2.43. The van der Waals surface area contributed by atoms with Crippen molar-refractivity contribution in [1.29, 1.82) is 0 Å². The molecule has 8 atom stereocenters. The van der Waals surface area contributed by atoms with Gasteiger partial charge in [0.25, 0.3) is 6.47 Å². The summed E-state index contributed by atoms with van der Waals surface area (Å²) in [5.41, 5.74) is 0.561. The SMILES string of the molecule is CC(C)(C)C1CCC(=O)N1C(C)(C)C.CC(C)(C)C1N(C(C)(C)C)C(=O)CS1(=O)=O.CC(C)(C)C1SC(COC=O)C(=O)N1C(C)(C)C.CC(C)(C)C1SCC(=O)N1C(C)(C)C.CC(C)(C)c1ccnn1C(C)(C)C.CC(C)(C)c1nncn1C(C)(C)C.CCCC1SC(C(C)(C)C)N(C(C)(C)C)C1=O.O=C=O.[2H]C1(C(C)C)SCC(=O)N1C(C)(C)C. The molecule has 23 nitrogen and oxygen atoms in total. The Kier molecular flexibility index (Phi) is 40.6. The van der Waals surface area contributed by atoms with E-state index in [0.717, 1.165) is 31.5 Å². The molecule has 0 N–H and O–H groups in total. The van der Waals surface area contributed by atoms with Gasteiger partial charge in [-0.1, -0.05) is 173 Å². The van der Waals surface area contributed by atoms with E-state index in [4.69, 9.17) is 15.7 Å². The Bertz CT molecular complexity index is 3710. The molecule has 2 aromatic heterocycles. The molecule has 6 aliphatic heterocycles. The fourth-order valence-corrected chi connectivity index (χ4v) is 23.6. The van der Waals surface area contributed by atoms with E-state index in [2.05, 4.69) is 276 Å². The van der Waals surface area contributed by atoms with Crippen molar-refractivity contribution < 1.29 is 57.7 Å². The second kappa shape index (κ2) is 43.0. The van der Waals surface area contributed by atoms with Crippen LogP contribution in [0.3, 0.4) is 0 Å². The van der Waals surface area contributed by atoms with Crippen LogP contribution in [0.2, 0.25) is 0 Å². The Morgan fingerprint density at radius 1 is 0.496 bits per heavy atom. The van der Waals surface area contributed by atoms with Crippen LogP contribution in [0.4, 0.5) is 0 Å². The lowest BCUT2D eigenvalue weighted by molar-refractivity contribution is -0.192. The van der Waals surface area contributed by atoms with Crippen LogP contribution in [0.5, 0.6) is 0 Å². The van der Waals surface area contributed by atoms with Gasteiger partial charge in [0.2, 0.25) is 35.4 Å². The van der Waals surface area contributed by atoms with Gasteiger partial charge < -0.3 is 38.7 Å². The Hall–Kier alpha value is -4.63. The van der Waals surface area contributed by atoms with Crippen molar-refractivity contribution in [1.82, 2.24) is 53.9 Å². The van der Waals surface area contributed by atoms with E-state index >= 15 is 0 Å². The van der Waals surface area contributed by atoms with Crippen molar-refractivity contribution in [2.75, 3.05) is 23.9 Å². The molecule has 0 radical (unpaired) electrons. The summed E-state index contributed by atoms with van der Waals surface area (Å²) in [4.78, 5) is 110. The van der Waals surface area contributed by atoms with Crippen molar-refractivity contribution >= 4 is 105 Å². The molecule has 6 saturated heterocycles. The van der Waals surface area contributed by atoms with Gasteiger partial charge in [-0.15, -0.1) is 57.2 Å². The van der Waals surface area contributed by atoms with Crippen molar-refractivity contribution in [2.45, 2.75) is 457 Å². The molecule has 121 heavy (non-hydrogen) atoms. The summed E-state index contributed by atoms with van der Waals surface area (Å²) in [7, 11) is -3.35. The molecule has 0 saturated carbocycles. The number of sulfone groups is 1. The number of carbonyl (C=O) groups is 7. The number of hydrogen-bond donors (Lipinski definition) is 0. The molecule has 0 bridgehead atoms. The Labute approximate surface area is 755 Å². The zero-order valence-corrected chi connectivity index (χ0v) is 89.0. The van der Waals surface area contributed by atoms with E-state index in [-0.39, 0.29) is 135 Å². The molecule has 702 valence electrons. The molecule has 6 aliphatic rings. The van der Waals surface area contributed by atoms with Crippen LogP contribution in [0.25, 0.3) is 0 Å². The standard InChI is InChI=1S/C14H27NOS.C13H23NO3S.C12H23NO.C11H20N2.C11H21NO3S.C11H21NOS.C10H19N3.C10H19NOS.CO2/c1-8-9-10-11(16)15(14(5,6)7)12(17-10)13(2,3)4;1-12(2,3)11-14(13(4,5)6)10(16)9(18-11)7-17-8-15;1-11(2,3)9-7-8-10(14)13(9)12(4,5)6;1-10(2,3)9-7-8-12-13(9)11(4,5)6;1-10(2,3)9-12(11(4,5)6)8(13)7-16(9,14)15;1-10(2,3)9-12(11(4,5)6)8(13)7-14-9;1-9(2,3)8-12-11-7-13(8)10(4,5)6;1-7(2)9-11(10(3,4)5)8(12)6-13-9;2-1-3/h10,12H,8-9H2,1-7H3;8-9,11H,7H2,1-6H3;9H,7-8H2,1-6H3;7-8H,1-6H3;9H,7H2,1-6H3;9H,7H2,1-6H3;7H,1-6H3;7,9H,6H2,1-5H3;/i;;;;;;;9D;. The number of hydrogen-bond acceptors (Lipinski definition) is 19. The summed E-state index contributed by atoms with van der Waals surface area (Å²) >= 11 is 6.66. The summed E-state index contributed by atoms with van der Waals surface area (Å²) in [6.07, 6.45) is 7.76. The van der Waals surface area contributed by atoms with E-state index < -0.39 is 31.5 Å². The number of rotatable bonds is 6. The molecule has 6 fully saturated rings. The summed E-state index contributed by atoms with van der Waals surface area (Å²) in [6, 6.07) is 2.50. The van der Waals surface area contributed by atoms with Crippen LogP contribution < -0.4 is 0 Å². The molecule has 8 rings (SSSR count). The fourth-order valence-electron chi connectivity index (χ4n) is 14.9. The number of thioether (sulfide) groups is 4. The first kappa shape index (κ1) is 114. The normalized spacial score (nSPS) is 23.0. The van der Waals surface area contributed by atoms with Crippen LogP contribution in [0.1, 0.15) is 371 Å². The van der Waals surface area contributed by atoms with Gasteiger partial charge in [-0.3, -0.25) is 38.2 Å². The first-order valence-corrected chi connectivity index (χ1v) is 48.8. The van der Waals surface area contributed by atoms with Crippen LogP contribution in [-0.4, -0.2) is 211 Å². The number of carbonyl (C=O) groups excluding carboxylic acids is 9. The average molecular weight is 1800 g/mol. The zero-order valence-electron chi connectivity index (χ0n) is 85.9. The molecule has 6 amide bonds. The van der Waals surface area contributed by atoms with Gasteiger partial charge in [-0.25, -0.2) is 8.42 Å². The Morgan fingerprint density at radius 3 is 1.17 bits per heavy atom. The smallest absolute Gasteiger partial charge is 0.373 e. The number of likely N-dealkylation sites (tertiary alicyclic amines) is 1. The Balaban J connectivity index is 0.00000137. The van der Waals surface area contributed by atoms with E-state index in [1.54, 1.807) is 34.8 Å². The van der Waals surface area contributed by atoms with E-state index in [9.17, 15) is 42.0 Å². The van der Waals surface area contributed by atoms with Gasteiger partial charge >= 0.3 is 6.15 Å². The highest BCUT2D eigenvalue weighted by Gasteiger charge is 2.55. The number of ether oxygens (including phenoxy) is 1. The summed E-state index contributed by atoms with van der Waals surface area (Å²) < 4.78 is 41.4. The van der Waals surface area contributed by atoms with Crippen molar-refractivity contribution in [3.8, 4) is 0 Å². The molecule has 8 unspecified atom stereocenters. The zero-order chi connectivity index (χ0) is 97.2. The van der Waals surface area contributed by atoms with Gasteiger partial charge in [-0.05, 0) is 218 Å². The molecular weight excluding hydrogens is 1620 g/mol. The van der Waals surface area contributed by atoms with Gasteiger partial charge in [0.1, 0.15) is 35.1 Å². The molecule has 0 spiro atoms. The monoisotopic (exact) mass is 1800 g/mol. The highest BCUT2D eigenvalue weighted by atomic mass is 32.2. The summed E-state index contributed by atoms with van der Waals surface area (Å²) in [6.45, 7) is 101. The Morgan fingerprint density at radius 2 is 0.893 bits per heavy atom. The van der Waals surface area contributed by atoms with E-state index in [1.807, 2.05) is 125 Å². The highest BCUT2D eigenvalue weighted by molar-refractivity contribution is 8.02. The van der Waals surface area contributed by atoms with Crippen LogP contribution >= 0.6 is 47.0 Å². The van der Waals surface area contributed by atoms with Gasteiger partial charge in [0.05, 0.1) is 45.1 Å².